The van der Waals surface area contributed by atoms with Gasteiger partial charge in [-0.15, -0.1) is 12.4 Å². The summed E-state index contributed by atoms with van der Waals surface area (Å²) in [5.74, 6) is -1.61. The highest BCUT2D eigenvalue weighted by Gasteiger charge is 2.48. The molecule has 3 rings (SSSR count). The number of hydrogen-bond acceptors (Lipinski definition) is 7. The van der Waals surface area contributed by atoms with E-state index in [0.29, 0.717) is 17.1 Å². The van der Waals surface area contributed by atoms with Gasteiger partial charge < -0.3 is 19.5 Å². The van der Waals surface area contributed by atoms with Gasteiger partial charge in [-0.2, -0.15) is 4.39 Å². The lowest BCUT2D eigenvalue weighted by Gasteiger charge is -2.31. The van der Waals surface area contributed by atoms with Crippen LogP contribution in [-0.2, 0) is 26.4 Å². The number of benzene rings is 1. The molecule has 1 aliphatic rings. The Balaban J connectivity index is 0.00000432. The zero-order valence-electron chi connectivity index (χ0n) is 19.5. The Hall–Kier alpha value is -2.24. The third-order valence-electron chi connectivity index (χ3n) is 5.99. The quantitative estimate of drug-likeness (QED) is 0.449. The highest BCUT2D eigenvalue weighted by molar-refractivity contribution is 6.30. The number of hydrogen-bond donors (Lipinski definition) is 2. The van der Waals surface area contributed by atoms with Gasteiger partial charge in [0.2, 0.25) is 5.82 Å². The van der Waals surface area contributed by atoms with Gasteiger partial charge in [-0.05, 0) is 30.8 Å². The van der Waals surface area contributed by atoms with Crippen molar-refractivity contribution in [3.05, 3.63) is 67.7 Å². The van der Waals surface area contributed by atoms with Gasteiger partial charge in [0.25, 0.3) is 5.56 Å². The number of carbonyl (C=O) groups excluding carboxylic acids is 1. The second-order valence-electron chi connectivity index (χ2n) is 8.24. The second kappa shape index (κ2) is 12.6. The summed E-state index contributed by atoms with van der Waals surface area (Å²) in [6.07, 6.45) is -1.13. The fourth-order valence-electron chi connectivity index (χ4n) is 4.07. The van der Waals surface area contributed by atoms with Crippen molar-refractivity contribution >= 4 is 30.0 Å². The summed E-state index contributed by atoms with van der Waals surface area (Å²) >= 11 is 5.96. The van der Waals surface area contributed by atoms with Crippen molar-refractivity contribution in [3.63, 3.8) is 0 Å². The molecule has 194 valence electrons. The first kappa shape index (κ1) is 29.0. The molecular formula is C23H30Cl2FN3O6. The molecule has 1 aromatic heterocycles. The zero-order chi connectivity index (χ0) is 24.9. The number of esters is 1. The Bertz CT molecular complexity index is 1110. The molecule has 3 atom stereocenters. The molecule has 1 saturated heterocycles. The fraction of sp³-hybridized carbons (Fsp3) is 0.522. The lowest BCUT2D eigenvalue weighted by Crippen LogP contribution is -2.46. The van der Waals surface area contributed by atoms with E-state index >= 15 is 0 Å². The first-order valence-electron chi connectivity index (χ1n) is 11.2. The highest BCUT2D eigenvalue weighted by Crippen LogP contribution is 2.37. The average molecular weight is 534 g/mol. The number of rotatable bonds is 10. The van der Waals surface area contributed by atoms with Crippen LogP contribution in [0.5, 0.6) is 0 Å². The molecule has 0 spiro atoms. The highest BCUT2D eigenvalue weighted by atomic mass is 35.5. The molecule has 1 aliphatic heterocycles. The van der Waals surface area contributed by atoms with Gasteiger partial charge in [0.1, 0.15) is 12.7 Å². The Morgan fingerprint density at radius 3 is 2.60 bits per heavy atom. The van der Waals surface area contributed by atoms with Gasteiger partial charge in [0, 0.05) is 24.4 Å². The minimum atomic E-state index is -1.52. The number of nitrogens with one attached hydrogen (secondary N) is 1. The van der Waals surface area contributed by atoms with Crippen LogP contribution >= 0.6 is 24.0 Å². The number of aliphatic hydroxyl groups excluding tert-OH is 1. The van der Waals surface area contributed by atoms with E-state index in [-0.39, 0.29) is 38.3 Å². The first-order chi connectivity index (χ1) is 16.2. The Morgan fingerprint density at radius 1 is 1.31 bits per heavy atom. The summed E-state index contributed by atoms with van der Waals surface area (Å²) < 4.78 is 26.4. The maximum Gasteiger partial charge on any atom is 0.330 e. The van der Waals surface area contributed by atoms with Crippen molar-refractivity contribution in [2.75, 3.05) is 26.2 Å². The van der Waals surface area contributed by atoms with Gasteiger partial charge in [0.15, 0.2) is 5.72 Å². The molecule has 0 aliphatic carbocycles. The van der Waals surface area contributed by atoms with Gasteiger partial charge in [0.05, 0.1) is 18.7 Å². The molecule has 12 heteroatoms. The lowest BCUT2D eigenvalue weighted by molar-refractivity contribution is -0.158. The number of carbonyl (C=O) groups is 1. The van der Waals surface area contributed by atoms with Gasteiger partial charge in [-0.25, -0.2) is 4.79 Å². The molecule has 1 aromatic carbocycles. The number of halogens is 3. The summed E-state index contributed by atoms with van der Waals surface area (Å²) in [4.78, 5) is 40.3. The van der Waals surface area contributed by atoms with E-state index in [1.54, 1.807) is 24.3 Å². The number of aliphatic hydroxyl groups is 1. The van der Waals surface area contributed by atoms with E-state index in [1.807, 2.05) is 18.8 Å². The van der Waals surface area contributed by atoms with Crippen molar-refractivity contribution in [1.29, 1.82) is 0 Å². The van der Waals surface area contributed by atoms with Crippen molar-refractivity contribution in [1.82, 2.24) is 14.5 Å². The predicted molar refractivity (Wildman–Crippen MR) is 131 cm³/mol. The maximum atomic E-state index is 14.1. The van der Waals surface area contributed by atoms with E-state index in [2.05, 4.69) is 4.90 Å². The van der Waals surface area contributed by atoms with Crippen molar-refractivity contribution in [3.8, 4) is 0 Å². The predicted octanol–water partition coefficient (Wildman–Crippen LogP) is 2.07. The SMILES string of the molecule is CCN(CC)CCC(=O)OC[C@H]1O[C@@](Cc2ccc(Cl)cc2)(n2cc(F)c(=O)[nH]c2=O)C[C@@H]1O.Cl. The Kier molecular flexibility index (Phi) is 10.5. The van der Waals surface area contributed by atoms with Crippen molar-refractivity contribution in [2.24, 2.45) is 0 Å². The van der Waals surface area contributed by atoms with Crippen LogP contribution in [0.3, 0.4) is 0 Å². The molecule has 1 fully saturated rings. The molecule has 0 amide bonds. The van der Waals surface area contributed by atoms with E-state index in [0.717, 1.165) is 23.9 Å². The Morgan fingerprint density at radius 2 is 1.97 bits per heavy atom. The fourth-order valence-corrected chi connectivity index (χ4v) is 4.20. The number of aromatic amines is 1. The molecule has 0 saturated carbocycles. The van der Waals surface area contributed by atoms with Crippen LogP contribution in [-0.4, -0.2) is 64.0 Å². The maximum absolute atomic E-state index is 14.1. The zero-order valence-corrected chi connectivity index (χ0v) is 21.1. The second-order valence-corrected chi connectivity index (χ2v) is 8.68. The van der Waals surface area contributed by atoms with E-state index in [9.17, 15) is 23.9 Å². The van der Waals surface area contributed by atoms with Gasteiger partial charge >= 0.3 is 11.7 Å². The average Bonchev–Trinajstić information content (AvgIpc) is 3.12. The molecule has 2 heterocycles. The smallest absolute Gasteiger partial charge is 0.330 e. The first-order valence-corrected chi connectivity index (χ1v) is 11.6. The largest absolute Gasteiger partial charge is 0.463 e. The van der Waals surface area contributed by atoms with Crippen molar-refractivity contribution in [2.45, 2.75) is 51.0 Å². The van der Waals surface area contributed by atoms with Crippen LogP contribution in [0.25, 0.3) is 0 Å². The standard InChI is InChI=1S/C23H29ClFN3O6.ClH/c1-3-27(4-2)10-9-20(30)33-14-19-18(29)12-23(34-19,11-15-5-7-16(24)8-6-15)28-13-17(25)21(31)26-22(28)32;/h5-8,13,18-19,29H,3-4,9-12,14H2,1-2H3,(H,26,31,32);1H/t18-,19+,23+;/m0./s1. The number of nitrogens with zero attached hydrogens (tertiary/aromatic N) is 2. The van der Waals surface area contributed by atoms with Crippen LogP contribution in [0.1, 0.15) is 32.3 Å². The normalized spacial score (nSPS) is 21.7. The Labute approximate surface area is 213 Å². The molecule has 35 heavy (non-hydrogen) atoms. The molecular weight excluding hydrogens is 504 g/mol. The van der Waals surface area contributed by atoms with E-state index < -0.39 is 41.0 Å². The minimum absolute atomic E-state index is 0. The number of aromatic nitrogens is 2. The van der Waals surface area contributed by atoms with E-state index in [1.165, 1.54) is 0 Å². The topological polar surface area (TPSA) is 114 Å². The molecule has 2 aromatic rings. The van der Waals surface area contributed by atoms with Crippen molar-refractivity contribution < 1.29 is 23.8 Å². The summed E-state index contributed by atoms with van der Waals surface area (Å²) in [5.41, 5.74) is -2.86. The lowest BCUT2D eigenvalue weighted by atomic mass is 9.97. The monoisotopic (exact) mass is 533 g/mol. The van der Waals surface area contributed by atoms with Gasteiger partial charge in [-0.1, -0.05) is 37.6 Å². The van der Waals surface area contributed by atoms with Crippen LogP contribution in [0, 0.1) is 5.82 Å². The van der Waals surface area contributed by atoms with Crippen LogP contribution in [0.15, 0.2) is 40.1 Å². The number of ether oxygens (including phenoxy) is 2. The molecule has 9 nitrogen and oxygen atoms in total. The van der Waals surface area contributed by atoms with Crippen LogP contribution in [0.4, 0.5) is 4.39 Å². The summed E-state index contributed by atoms with van der Waals surface area (Å²) in [6, 6.07) is 6.74. The molecule has 0 unspecified atom stereocenters. The minimum Gasteiger partial charge on any atom is -0.463 e. The third-order valence-corrected chi connectivity index (χ3v) is 6.25. The summed E-state index contributed by atoms with van der Waals surface area (Å²) in [5, 5.41) is 11.2. The number of H-pyrrole nitrogens is 1. The molecule has 0 radical (unpaired) electrons. The summed E-state index contributed by atoms with van der Waals surface area (Å²) in [6.45, 7) is 5.93. The third kappa shape index (κ3) is 7.14. The van der Waals surface area contributed by atoms with Crippen LogP contribution < -0.4 is 11.2 Å². The van der Waals surface area contributed by atoms with E-state index in [4.69, 9.17) is 21.1 Å². The summed E-state index contributed by atoms with van der Waals surface area (Å²) in [7, 11) is 0. The molecule has 2 N–H and O–H groups in total. The van der Waals surface area contributed by atoms with Crippen LogP contribution in [0.2, 0.25) is 5.02 Å². The van der Waals surface area contributed by atoms with Gasteiger partial charge in [-0.3, -0.25) is 19.1 Å². The molecule has 0 bridgehead atoms.